The normalized spacial score (nSPS) is 14.5. The summed E-state index contributed by atoms with van der Waals surface area (Å²) in [6.45, 7) is 0.576. The van der Waals surface area contributed by atoms with Crippen LogP contribution in [0, 0.1) is 0 Å². The summed E-state index contributed by atoms with van der Waals surface area (Å²) in [4.78, 5) is 100. The maximum Gasteiger partial charge on any atom is 0.407 e. The molecule has 1 aliphatic carbocycles. The molecule has 1 saturated heterocycles. The number of likely N-dealkylation sites (tertiary alicyclic amines) is 1. The minimum absolute atomic E-state index is 0.243. The Balaban J connectivity index is 1.33. The van der Waals surface area contributed by atoms with Crippen LogP contribution >= 0.6 is 0 Å². The highest BCUT2D eigenvalue weighted by Crippen LogP contribution is 2.35. The van der Waals surface area contributed by atoms with Crippen LogP contribution in [0.3, 0.4) is 0 Å². The van der Waals surface area contributed by atoms with Crippen LogP contribution in [0.4, 0.5) is 4.79 Å². The number of carbonyl (C=O) groups is 8. The summed E-state index contributed by atoms with van der Waals surface area (Å²) in [5.41, 5.74) is 4.41. The fourth-order valence-electron chi connectivity index (χ4n) is 6.25. The summed E-state index contributed by atoms with van der Waals surface area (Å²) in [5, 5.41) is 4.57. The van der Waals surface area contributed by atoms with Crippen molar-refractivity contribution < 1.29 is 52.6 Å². The molecule has 0 saturated carbocycles. The quantitative estimate of drug-likeness (QED) is 0.105. The number of hydrogen-bond donors (Lipinski definition) is 2. The SMILES string of the molecule is CCCN(CC(=O)OCC(=O)c1ccc(-c2ccc(C(=O)COC(=O)C3CCCN3C(=O)CNC(=O)OC)cc2)c2c1CCC2)C(=O)CNC=O. The summed E-state index contributed by atoms with van der Waals surface area (Å²) in [6, 6.07) is 9.52. The van der Waals surface area contributed by atoms with E-state index in [0.717, 1.165) is 35.1 Å². The monoisotopic (exact) mass is 706 g/mol. The van der Waals surface area contributed by atoms with Gasteiger partial charge in [-0.3, -0.25) is 28.8 Å². The van der Waals surface area contributed by atoms with E-state index in [-0.39, 0.29) is 25.4 Å². The van der Waals surface area contributed by atoms with Gasteiger partial charge in [0.1, 0.15) is 19.1 Å². The Morgan fingerprint density at radius 1 is 0.902 bits per heavy atom. The standard InChI is InChI=1S/C36H42N4O11/c1-3-15-39(32(44)17-37-22-41)19-34(46)50-21-31(43)28-14-13-25(26-6-4-7-27(26)28)23-9-11-24(12-10-23)30(42)20-51-35(47)29-8-5-16-40(29)33(45)18-38-36(48)49-2/h9-14,22,29H,3-8,15-21H2,1-2H3,(H,37,41)(H,38,48). The fraction of sp³-hybridized carbons (Fsp3) is 0.444. The maximum atomic E-state index is 13.2. The molecule has 15 nitrogen and oxygen atoms in total. The first kappa shape index (κ1) is 38.2. The second kappa shape index (κ2) is 18.4. The van der Waals surface area contributed by atoms with E-state index in [2.05, 4.69) is 15.4 Å². The molecule has 2 aromatic rings. The van der Waals surface area contributed by atoms with Crippen molar-refractivity contribution in [2.75, 3.05) is 53.0 Å². The molecular formula is C36H42N4O11. The van der Waals surface area contributed by atoms with E-state index in [0.29, 0.717) is 56.3 Å². The predicted octanol–water partition coefficient (Wildman–Crippen LogP) is 1.63. The van der Waals surface area contributed by atoms with Crippen LogP contribution in [0.1, 0.15) is 64.4 Å². The minimum atomic E-state index is -0.847. The summed E-state index contributed by atoms with van der Waals surface area (Å²) in [7, 11) is 1.18. The Hall–Kier alpha value is -5.60. The molecule has 1 aliphatic heterocycles. The van der Waals surface area contributed by atoms with Crippen molar-refractivity contribution in [2.24, 2.45) is 0 Å². The smallest absolute Gasteiger partial charge is 0.407 e. The van der Waals surface area contributed by atoms with Crippen LogP contribution in [0.25, 0.3) is 11.1 Å². The van der Waals surface area contributed by atoms with Gasteiger partial charge in [-0.25, -0.2) is 9.59 Å². The van der Waals surface area contributed by atoms with Crippen molar-refractivity contribution >= 4 is 47.8 Å². The van der Waals surface area contributed by atoms with E-state index >= 15 is 0 Å². The first-order valence-electron chi connectivity index (χ1n) is 16.8. The topological polar surface area (TPSA) is 195 Å². The third-order valence-electron chi connectivity index (χ3n) is 8.73. The molecule has 0 spiro atoms. The highest BCUT2D eigenvalue weighted by molar-refractivity contribution is 6.01. The molecule has 0 bridgehead atoms. The zero-order valence-electron chi connectivity index (χ0n) is 28.7. The first-order chi connectivity index (χ1) is 24.6. The zero-order chi connectivity index (χ0) is 36.9. The van der Waals surface area contributed by atoms with Gasteiger partial charge < -0.3 is 34.6 Å². The number of hydrogen-bond acceptors (Lipinski definition) is 11. The maximum absolute atomic E-state index is 13.2. The number of rotatable bonds is 17. The van der Waals surface area contributed by atoms with Crippen molar-refractivity contribution in [3.8, 4) is 11.1 Å². The Morgan fingerprint density at radius 3 is 2.33 bits per heavy atom. The molecule has 1 unspecified atom stereocenters. The number of fused-ring (bicyclic) bond motifs is 1. The number of ketones is 2. The highest BCUT2D eigenvalue weighted by atomic mass is 16.5. The number of carbonyl (C=O) groups excluding carboxylic acids is 8. The molecule has 51 heavy (non-hydrogen) atoms. The lowest BCUT2D eigenvalue weighted by atomic mass is 9.91. The van der Waals surface area contributed by atoms with Crippen molar-refractivity contribution in [3.63, 3.8) is 0 Å². The van der Waals surface area contributed by atoms with Crippen LogP contribution in [0.15, 0.2) is 36.4 Å². The number of methoxy groups -OCH3 is 1. The van der Waals surface area contributed by atoms with E-state index in [1.165, 1.54) is 16.9 Å². The average Bonchev–Trinajstić information content (AvgIpc) is 3.84. The van der Waals surface area contributed by atoms with Crippen molar-refractivity contribution in [2.45, 2.75) is 51.5 Å². The van der Waals surface area contributed by atoms with E-state index in [1.54, 1.807) is 30.3 Å². The number of amides is 4. The van der Waals surface area contributed by atoms with Gasteiger partial charge in [-0.2, -0.15) is 0 Å². The Morgan fingerprint density at radius 2 is 1.63 bits per heavy atom. The lowest BCUT2D eigenvalue weighted by molar-refractivity contribution is -0.152. The van der Waals surface area contributed by atoms with Crippen LogP contribution < -0.4 is 10.6 Å². The Labute approximate surface area is 294 Å². The van der Waals surface area contributed by atoms with Gasteiger partial charge in [0.2, 0.25) is 24.0 Å². The summed E-state index contributed by atoms with van der Waals surface area (Å²) < 4.78 is 15.0. The molecular weight excluding hydrogens is 664 g/mol. The molecule has 1 atom stereocenters. The molecule has 15 heteroatoms. The molecule has 2 aliphatic rings. The zero-order valence-corrected chi connectivity index (χ0v) is 28.7. The largest absolute Gasteiger partial charge is 0.456 e. The lowest BCUT2D eigenvalue weighted by Gasteiger charge is -2.23. The summed E-state index contributed by atoms with van der Waals surface area (Å²) >= 11 is 0. The van der Waals surface area contributed by atoms with Crippen molar-refractivity contribution in [3.05, 3.63) is 58.7 Å². The van der Waals surface area contributed by atoms with Crippen molar-refractivity contribution in [1.29, 1.82) is 0 Å². The Kier molecular flexibility index (Phi) is 13.8. The summed E-state index contributed by atoms with van der Waals surface area (Å²) in [5.74, 6) is -3.09. The van der Waals surface area contributed by atoms with E-state index in [4.69, 9.17) is 9.47 Å². The van der Waals surface area contributed by atoms with E-state index in [1.807, 2.05) is 13.0 Å². The second-order valence-corrected chi connectivity index (χ2v) is 12.1. The van der Waals surface area contributed by atoms with Gasteiger partial charge >= 0.3 is 18.0 Å². The number of nitrogens with one attached hydrogen (secondary N) is 2. The van der Waals surface area contributed by atoms with Crippen molar-refractivity contribution in [1.82, 2.24) is 20.4 Å². The highest BCUT2D eigenvalue weighted by Gasteiger charge is 2.35. The number of Topliss-reactive ketones (excluding diaryl/α,β-unsaturated/α-hetero) is 2. The van der Waals surface area contributed by atoms with Gasteiger partial charge in [-0.05, 0) is 60.8 Å². The third kappa shape index (κ3) is 9.99. The fourth-order valence-corrected chi connectivity index (χ4v) is 6.25. The number of esters is 2. The van der Waals surface area contributed by atoms with Gasteiger partial charge in [-0.15, -0.1) is 0 Å². The Bertz CT molecular complexity index is 1660. The van der Waals surface area contributed by atoms with Gasteiger partial charge in [0.05, 0.1) is 13.7 Å². The van der Waals surface area contributed by atoms with E-state index < -0.39 is 54.9 Å². The van der Waals surface area contributed by atoms with Gasteiger partial charge in [0, 0.05) is 24.2 Å². The predicted molar refractivity (Wildman–Crippen MR) is 181 cm³/mol. The molecule has 0 radical (unpaired) electrons. The van der Waals surface area contributed by atoms with Crippen LogP contribution in [0.5, 0.6) is 0 Å². The molecule has 1 fully saturated rings. The number of nitrogens with zero attached hydrogens (tertiary/aromatic N) is 2. The molecule has 2 aromatic carbocycles. The molecule has 4 amide bonds. The molecule has 1 heterocycles. The number of benzene rings is 2. The molecule has 0 aromatic heterocycles. The summed E-state index contributed by atoms with van der Waals surface area (Å²) in [6.07, 6.45) is 3.44. The van der Waals surface area contributed by atoms with Gasteiger partial charge in [-0.1, -0.05) is 43.3 Å². The number of ether oxygens (including phenoxy) is 3. The second-order valence-electron chi connectivity index (χ2n) is 12.1. The molecule has 4 rings (SSSR count). The molecule has 2 N–H and O–H groups in total. The van der Waals surface area contributed by atoms with Crippen LogP contribution in [-0.2, 0) is 51.0 Å². The lowest BCUT2D eigenvalue weighted by Crippen LogP contribution is -2.46. The van der Waals surface area contributed by atoms with Crippen LogP contribution in [0.2, 0.25) is 0 Å². The number of alkyl carbamates (subject to hydrolysis) is 1. The first-order valence-corrected chi connectivity index (χ1v) is 16.8. The third-order valence-corrected chi connectivity index (χ3v) is 8.73. The van der Waals surface area contributed by atoms with E-state index in [9.17, 15) is 38.4 Å². The van der Waals surface area contributed by atoms with Gasteiger partial charge in [0.25, 0.3) is 0 Å². The minimum Gasteiger partial charge on any atom is -0.456 e. The van der Waals surface area contributed by atoms with Crippen LogP contribution in [-0.4, -0.2) is 117 Å². The van der Waals surface area contributed by atoms with Gasteiger partial charge in [0.15, 0.2) is 19.0 Å². The molecule has 272 valence electrons. The average molecular weight is 707 g/mol.